The van der Waals surface area contributed by atoms with Gasteiger partial charge in [0.2, 0.25) is 0 Å². The smallest absolute Gasteiger partial charge is 0.0254 e. The molecule has 1 heteroatoms. The molecule has 0 bridgehead atoms. The van der Waals surface area contributed by atoms with Crippen LogP contribution >= 0.6 is 15.9 Å². The largest absolute Gasteiger partial charge is 0.0622 e. The zero-order valence-corrected chi connectivity index (χ0v) is 15.3. The molecule has 0 aliphatic heterocycles. The van der Waals surface area contributed by atoms with Crippen LogP contribution in [0.15, 0.2) is 108 Å². The fraction of sp³-hybridized carbons (Fsp3) is 0. The van der Waals surface area contributed by atoms with Crippen molar-refractivity contribution in [1.29, 1.82) is 0 Å². The summed E-state index contributed by atoms with van der Waals surface area (Å²) in [6.07, 6.45) is 0. The van der Waals surface area contributed by atoms with E-state index in [9.17, 15) is 0 Å². The third-order valence-electron chi connectivity index (χ3n) is 4.37. The summed E-state index contributed by atoms with van der Waals surface area (Å²) in [6, 6.07) is 36.2. The van der Waals surface area contributed by atoms with E-state index < -0.39 is 0 Å². The standard InChI is InChI=1S/C24H17Br/c25-24-16-15-20(17-23(24)19-11-5-2-6-12-19)22-14-8-7-13-21(22)18-9-3-1-4-10-18/h1-17H. The Morgan fingerprint density at radius 1 is 0.400 bits per heavy atom. The Bertz CT molecular complexity index is 989. The van der Waals surface area contributed by atoms with Gasteiger partial charge < -0.3 is 0 Å². The zero-order valence-electron chi connectivity index (χ0n) is 13.7. The first-order chi connectivity index (χ1) is 12.3. The van der Waals surface area contributed by atoms with Crippen molar-refractivity contribution in [2.24, 2.45) is 0 Å². The summed E-state index contributed by atoms with van der Waals surface area (Å²) in [5.74, 6) is 0. The Hall–Kier alpha value is -2.64. The number of hydrogen-bond acceptors (Lipinski definition) is 0. The van der Waals surface area contributed by atoms with Crippen LogP contribution < -0.4 is 0 Å². The lowest BCUT2D eigenvalue weighted by atomic mass is 9.93. The molecule has 4 aromatic rings. The van der Waals surface area contributed by atoms with Crippen LogP contribution in [0.1, 0.15) is 0 Å². The van der Waals surface area contributed by atoms with E-state index in [1.807, 2.05) is 6.07 Å². The first-order valence-electron chi connectivity index (χ1n) is 8.33. The van der Waals surface area contributed by atoms with Crippen molar-refractivity contribution in [2.75, 3.05) is 0 Å². The molecule has 0 aliphatic rings. The Morgan fingerprint density at radius 2 is 0.880 bits per heavy atom. The average Bonchev–Trinajstić information content (AvgIpc) is 2.70. The molecule has 0 amide bonds. The maximum Gasteiger partial charge on any atom is 0.0254 e. The number of benzene rings is 4. The van der Waals surface area contributed by atoms with Crippen LogP contribution in [0.3, 0.4) is 0 Å². The summed E-state index contributed by atoms with van der Waals surface area (Å²) in [5, 5.41) is 0. The Morgan fingerprint density at radius 3 is 1.48 bits per heavy atom. The van der Waals surface area contributed by atoms with Gasteiger partial charge in [-0.3, -0.25) is 0 Å². The van der Waals surface area contributed by atoms with Crippen LogP contribution in [-0.4, -0.2) is 0 Å². The summed E-state index contributed by atoms with van der Waals surface area (Å²) in [6.45, 7) is 0. The zero-order chi connectivity index (χ0) is 17.1. The summed E-state index contributed by atoms with van der Waals surface area (Å²) >= 11 is 3.70. The van der Waals surface area contributed by atoms with Crippen LogP contribution in [0.5, 0.6) is 0 Å². The first kappa shape index (κ1) is 15.9. The molecule has 0 aliphatic carbocycles. The van der Waals surface area contributed by atoms with Crippen LogP contribution in [0.4, 0.5) is 0 Å². The highest BCUT2D eigenvalue weighted by molar-refractivity contribution is 9.10. The lowest BCUT2D eigenvalue weighted by Crippen LogP contribution is -1.87. The monoisotopic (exact) mass is 384 g/mol. The lowest BCUT2D eigenvalue weighted by molar-refractivity contribution is 1.55. The van der Waals surface area contributed by atoms with Crippen molar-refractivity contribution < 1.29 is 0 Å². The van der Waals surface area contributed by atoms with Crippen molar-refractivity contribution in [3.05, 3.63) is 108 Å². The van der Waals surface area contributed by atoms with Gasteiger partial charge in [0, 0.05) is 4.47 Å². The fourth-order valence-corrected chi connectivity index (χ4v) is 3.61. The Labute approximate surface area is 156 Å². The number of rotatable bonds is 3. The molecule has 0 unspecified atom stereocenters. The molecule has 4 aromatic carbocycles. The SMILES string of the molecule is Brc1ccc(-c2ccccc2-c2ccccc2)cc1-c1ccccc1. The van der Waals surface area contributed by atoms with E-state index in [1.54, 1.807) is 0 Å². The summed E-state index contributed by atoms with van der Waals surface area (Å²) in [7, 11) is 0. The van der Waals surface area contributed by atoms with Gasteiger partial charge in [0.05, 0.1) is 0 Å². The summed E-state index contributed by atoms with van der Waals surface area (Å²) < 4.78 is 1.11. The molecular weight excluding hydrogens is 368 g/mol. The lowest BCUT2D eigenvalue weighted by Gasteiger charge is -2.13. The summed E-state index contributed by atoms with van der Waals surface area (Å²) in [5.41, 5.74) is 7.39. The molecule has 120 valence electrons. The molecule has 0 aromatic heterocycles. The molecule has 25 heavy (non-hydrogen) atoms. The second kappa shape index (κ2) is 7.08. The molecule has 0 saturated carbocycles. The van der Waals surface area contributed by atoms with Crippen LogP contribution in [0.2, 0.25) is 0 Å². The highest BCUT2D eigenvalue weighted by Crippen LogP contribution is 2.36. The van der Waals surface area contributed by atoms with Gasteiger partial charge in [-0.15, -0.1) is 0 Å². The van der Waals surface area contributed by atoms with Gasteiger partial charge in [-0.2, -0.15) is 0 Å². The van der Waals surface area contributed by atoms with E-state index in [4.69, 9.17) is 0 Å². The van der Waals surface area contributed by atoms with Gasteiger partial charge in [-0.25, -0.2) is 0 Å². The third kappa shape index (κ3) is 3.29. The van der Waals surface area contributed by atoms with Gasteiger partial charge in [0.25, 0.3) is 0 Å². The minimum absolute atomic E-state index is 1.11. The highest BCUT2D eigenvalue weighted by atomic mass is 79.9. The van der Waals surface area contributed by atoms with Crippen molar-refractivity contribution in [3.8, 4) is 33.4 Å². The molecule has 4 rings (SSSR count). The van der Waals surface area contributed by atoms with Crippen molar-refractivity contribution in [1.82, 2.24) is 0 Å². The first-order valence-corrected chi connectivity index (χ1v) is 9.12. The topological polar surface area (TPSA) is 0 Å². The second-order valence-corrected chi connectivity index (χ2v) is 6.83. The van der Waals surface area contributed by atoms with E-state index >= 15 is 0 Å². The van der Waals surface area contributed by atoms with E-state index in [0.29, 0.717) is 0 Å². The molecule has 0 N–H and O–H groups in total. The molecular formula is C24H17Br. The summed E-state index contributed by atoms with van der Waals surface area (Å²) in [4.78, 5) is 0. The molecule has 0 spiro atoms. The molecule has 0 nitrogen and oxygen atoms in total. The molecule has 0 saturated heterocycles. The molecule has 0 atom stereocenters. The van der Waals surface area contributed by atoms with E-state index in [1.165, 1.54) is 33.4 Å². The number of halogens is 1. The van der Waals surface area contributed by atoms with Gasteiger partial charge in [-0.05, 0) is 45.5 Å². The minimum atomic E-state index is 1.11. The van der Waals surface area contributed by atoms with Crippen LogP contribution in [-0.2, 0) is 0 Å². The van der Waals surface area contributed by atoms with Crippen molar-refractivity contribution in [3.63, 3.8) is 0 Å². The van der Waals surface area contributed by atoms with Gasteiger partial charge in [0.1, 0.15) is 0 Å². The second-order valence-electron chi connectivity index (χ2n) is 5.97. The molecule has 0 heterocycles. The van der Waals surface area contributed by atoms with E-state index in [0.717, 1.165) is 4.47 Å². The minimum Gasteiger partial charge on any atom is -0.0622 e. The van der Waals surface area contributed by atoms with Crippen LogP contribution in [0, 0.1) is 0 Å². The van der Waals surface area contributed by atoms with Crippen molar-refractivity contribution in [2.45, 2.75) is 0 Å². The predicted molar refractivity (Wildman–Crippen MR) is 110 cm³/mol. The third-order valence-corrected chi connectivity index (χ3v) is 5.07. The van der Waals surface area contributed by atoms with Gasteiger partial charge in [0.15, 0.2) is 0 Å². The quantitative estimate of drug-likeness (QED) is 0.344. The highest BCUT2D eigenvalue weighted by Gasteiger charge is 2.10. The molecule has 0 fully saturated rings. The predicted octanol–water partition coefficient (Wildman–Crippen LogP) is 7.45. The van der Waals surface area contributed by atoms with Gasteiger partial charge >= 0.3 is 0 Å². The van der Waals surface area contributed by atoms with Gasteiger partial charge in [-0.1, -0.05) is 107 Å². The molecule has 0 radical (unpaired) electrons. The number of hydrogen-bond donors (Lipinski definition) is 0. The normalized spacial score (nSPS) is 10.6. The van der Waals surface area contributed by atoms with Crippen LogP contribution in [0.25, 0.3) is 33.4 Å². The fourth-order valence-electron chi connectivity index (χ4n) is 3.14. The Balaban J connectivity index is 1.87. The van der Waals surface area contributed by atoms with E-state index in [2.05, 4.69) is 113 Å². The maximum absolute atomic E-state index is 3.70. The average molecular weight is 385 g/mol. The maximum atomic E-state index is 3.70. The van der Waals surface area contributed by atoms with E-state index in [-0.39, 0.29) is 0 Å². The van der Waals surface area contributed by atoms with Crippen molar-refractivity contribution >= 4 is 15.9 Å². The Kier molecular flexibility index (Phi) is 4.49.